The average Bonchev–Trinajstić information content (AvgIpc) is 2.41. The Morgan fingerprint density at radius 1 is 0.778 bits per heavy atom. The van der Waals surface area contributed by atoms with Crippen LogP contribution in [0.1, 0.15) is 24.0 Å². The number of allylic oxidation sites excluding steroid dienone is 1. The molecule has 0 radical (unpaired) electrons. The molecule has 0 atom stereocenters. The Hall–Kier alpha value is -1.82. The maximum absolute atomic E-state index is 4.18. The molecule has 2 aromatic rings. The number of benzene rings is 2. The Kier molecular flexibility index (Phi) is 4.78. The van der Waals surface area contributed by atoms with Crippen molar-refractivity contribution < 1.29 is 0 Å². The van der Waals surface area contributed by atoms with Crippen molar-refractivity contribution >= 4 is 0 Å². The van der Waals surface area contributed by atoms with Crippen molar-refractivity contribution in [1.82, 2.24) is 0 Å². The van der Waals surface area contributed by atoms with E-state index in [0.29, 0.717) is 0 Å². The minimum atomic E-state index is 1.01. The lowest BCUT2D eigenvalue weighted by atomic mass is 10.00. The molecule has 0 fully saturated rings. The van der Waals surface area contributed by atoms with Gasteiger partial charge < -0.3 is 0 Å². The first-order valence-electron chi connectivity index (χ1n) is 6.59. The molecule has 2 rings (SSSR count). The van der Waals surface area contributed by atoms with Gasteiger partial charge in [0.05, 0.1) is 0 Å². The first-order valence-corrected chi connectivity index (χ1v) is 6.59. The Morgan fingerprint density at radius 3 is 1.94 bits per heavy atom. The molecule has 0 heterocycles. The fourth-order valence-electron chi connectivity index (χ4n) is 2.16. The van der Waals surface area contributed by atoms with Crippen LogP contribution in [0, 0.1) is 0 Å². The molecule has 0 aliphatic rings. The van der Waals surface area contributed by atoms with Crippen LogP contribution in [0.3, 0.4) is 0 Å². The molecule has 0 aromatic heterocycles. The minimum Gasteiger partial charge on any atom is -0.0995 e. The van der Waals surface area contributed by atoms with Crippen LogP contribution in [0.2, 0.25) is 0 Å². The van der Waals surface area contributed by atoms with Crippen LogP contribution in [0.5, 0.6) is 0 Å². The fourth-order valence-corrected chi connectivity index (χ4v) is 2.16. The normalized spacial score (nSPS) is 10.2. The molecule has 0 aliphatic heterocycles. The van der Waals surface area contributed by atoms with Gasteiger partial charge in [0.15, 0.2) is 0 Å². The van der Waals surface area contributed by atoms with Gasteiger partial charge in [-0.2, -0.15) is 0 Å². The molecule has 18 heavy (non-hydrogen) atoms. The maximum atomic E-state index is 4.18. The van der Waals surface area contributed by atoms with Gasteiger partial charge in [-0.05, 0) is 36.8 Å². The zero-order chi connectivity index (χ0) is 12.6. The second kappa shape index (κ2) is 6.80. The van der Waals surface area contributed by atoms with Gasteiger partial charge in [0, 0.05) is 0 Å². The van der Waals surface area contributed by atoms with Crippen LogP contribution in [0.25, 0.3) is 0 Å². The monoisotopic (exact) mass is 236 g/mol. The van der Waals surface area contributed by atoms with Crippen LogP contribution in [0.4, 0.5) is 0 Å². The van der Waals surface area contributed by atoms with Gasteiger partial charge in [-0.1, -0.05) is 72.8 Å². The third-order valence-electron chi connectivity index (χ3n) is 3.14. The van der Waals surface area contributed by atoms with Gasteiger partial charge in [-0.15, -0.1) is 0 Å². The van der Waals surface area contributed by atoms with Crippen molar-refractivity contribution in [3.05, 3.63) is 83.9 Å². The summed E-state index contributed by atoms with van der Waals surface area (Å²) in [7, 11) is 0. The minimum absolute atomic E-state index is 1.01. The molecular weight excluding hydrogens is 216 g/mol. The summed E-state index contributed by atoms with van der Waals surface area (Å²) in [6.45, 7) is 4.18. The lowest BCUT2D eigenvalue weighted by molar-refractivity contribution is 0.796. The molecule has 0 unspecified atom stereocenters. The summed E-state index contributed by atoms with van der Waals surface area (Å²) in [5.41, 5.74) is 4.12. The topological polar surface area (TPSA) is 0 Å². The summed E-state index contributed by atoms with van der Waals surface area (Å²) in [5, 5.41) is 0. The highest BCUT2D eigenvalue weighted by atomic mass is 14.0. The number of rotatable bonds is 6. The second-order valence-electron chi connectivity index (χ2n) is 4.75. The summed E-state index contributed by atoms with van der Waals surface area (Å²) in [6.07, 6.45) is 4.46. The molecule has 92 valence electrons. The largest absolute Gasteiger partial charge is 0.0995 e. The fraction of sp³-hybridized carbons (Fsp3) is 0.222. The van der Waals surface area contributed by atoms with Crippen molar-refractivity contribution in [2.24, 2.45) is 0 Å². The van der Waals surface area contributed by atoms with E-state index in [4.69, 9.17) is 0 Å². The van der Waals surface area contributed by atoms with E-state index < -0.39 is 0 Å². The summed E-state index contributed by atoms with van der Waals surface area (Å²) in [5.74, 6) is 0. The first-order chi connectivity index (χ1) is 8.84. The van der Waals surface area contributed by atoms with E-state index in [1.54, 1.807) is 0 Å². The predicted octanol–water partition coefficient (Wildman–Crippen LogP) is 4.81. The first kappa shape index (κ1) is 12.6. The van der Waals surface area contributed by atoms with Crippen molar-refractivity contribution in [3.8, 4) is 0 Å². The SMILES string of the molecule is C=C(CCCc1ccccc1)Cc1ccccc1. The van der Waals surface area contributed by atoms with Gasteiger partial charge in [0.1, 0.15) is 0 Å². The molecule has 0 heteroatoms. The number of hydrogen-bond donors (Lipinski definition) is 0. The van der Waals surface area contributed by atoms with E-state index >= 15 is 0 Å². The van der Waals surface area contributed by atoms with Crippen LogP contribution in [0.15, 0.2) is 72.8 Å². The second-order valence-corrected chi connectivity index (χ2v) is 4.75. The van der Waals surface area contributed by atoms with Crippen LogP contribution >= 0.6 is 0 Å². The van der Waals surface area contributed by atoms with Crippen LogP contribution in [-0.2, 0) is 12.8 Å². The Morgan fingerprint density at radius 2 is 1.33 bits per heavy atom. The Balaban J connectivity index is 1.73. The molecule has 0 spiro atoms. The van der Waals surface area contributed by atoms with E-state index in [2.05, 4.69) is 67.2 Å². The molecule has 0 amide bonds. The Bertz CT molecular complexity index is 468. The van der Waals surface area contributed by atoms with Gasteiger partial charge in [-0.25, -0.2) is 0 Å². The van der Waals surface area contributed by atoms with Crippen molar-refractivity contribution in [3.63, 3.8) is 0 Å². The van der Waals surface area contributed by atoms with E-state index in [1.165, 1.54) is 23.1 Å². The van der Waals surface area contributed by atoms with Gasteiger partial charge in [0.25, 0.3) is 0 Å². The molecule has 0 saturated heterocycles. The smallest absolute Gasteiger partial charge is 0.00698 e. The molecule has 0 saturated carbocycles. The van der Waals surface area contributed by atoms with Gasteiger partial charge in [0.2, 0.25) is 0 Å². The molecule has 0 aliphatic carbocycles. The van der Waals surface area contributed by atoms with Crippen LogP contribution in [-0.4, -0.2) is 0 Å². The third-order valence-corrected chi connectivity index (χ3v) is 3.14. The van der Waals surface area contributed by atoms with Crippen molar-refractivity contribution in [2.75, 3.05) is 0 Å². The molecule has 0 bridgehead atoms. The third kappa shape index (κ3) is 4.21. The van der Waals surface area contributed by atoms with Crippen LogP contribution < -0.4 is 0 Å². The quantitative estimate of drug-likeness (QED) is 0.631. The van der Waals surface area contributed by atoms with Gasteiger partial charge >= 0.3 is 0 Å². The lowest BCUT2D eigenvalue weighted by Gasteiger charge is -2.06. The summed E-state index contributed by atoms with van der Waals surface area (Å²) in [4.78, 5) is 0. The van der Waals surface area contributed by atoms with E-state index in [0.717, 1.165) is 19.3 Å². The molecule has 0 N–H and O–H groups in total. The summed E-state index contributed by atoms with van der Waals surface area (Å²) in [6, 6.07) is 21.2. The summed E-state index contributed by atoms with van der Waals surface area (Å²) >= 11 is 0. The average molecular weight is 236 g/mol. The lowest BCUT2D eigenvalue weighted by Crippen LogP contribution is -1.91. The number of hydrogen-bond acceptors (Lipinski definition) is 0. The standard InChI is InChI=1S/C18H20/c1-16(15-18-12-6-3-7-13-18)9-8-14-17-10-4-2-5-11-17/h2-7,10-13H,1,8-9,14-15H2. The van der Waals surface area contributed by atoms with Crippen molar-refractivity contribution in [1.29, 1.82) is 0 Å². The highest BCUT2D eigenvalue weighted by Gasteiger charge is 1.98. The molecule has 0 nitrogen and oxygen atoms in total. The summed E-state index contributed by atoms with van der Waals surface area (Å²) < 4.78 is 0. The van der Waals surface area contributed by atoms with E-state index in [9.17, 15) is 0 Å². The molecular formula is C18H20. The van der Waals surface area contributed by atoms with E-state index in [-0.39, 0.29) is 0 Å². The number of aryl methyl sites for hydroxylation is 1. The highest BCUT2D eigenvalue weighted by molar-refractivity contribution is 5.20. The van der Waals surface area contributed by atoms with Gasteiger partial charge in [-0.3, -0.25) is 0 Å². The molecule has 2 aromatic carbocycles. The van der Waals surface area contributed by atoms with E-state index in [1.807, 2.05) is 0 Å². The zero-order valence-corrected chi connectivity index (χ0v) is 10.8. The predicted molar refractivity (Wildman–Crippen MR) is 78.7 cm³/mol. The van der Waals surface area contributed by atoms with Crippen molar-refractivity contribution in [2.45, 2.75) is 25.7 Å². The zero-order valence-electron chi connectivity index (χ0n) is 10.8. The maximum Gasteiger partial charge on any atom is -0.00698 e. The highest BCUT2D eigenvalue weighted by Crippen LogP contribution is 2.13. The Labute approximate surface area is 110 Å².